The predicted molar refractivity (Wildman–Crippen MR) is 203 cm³/mol. The Hall–Kier alpha value is -2.47. The number of hydrogen-bond donors (Lipinski definition) is 2. The van der Waals surface area contributed by atoms with Gasteiger partial charge in [0.25, 0.3) is 0 Å². The molecule has 1 atom stereocenters. The number of esters is 1. The number of hydrogen-bond acceptors (Lipinski definition) is 5. The van der Waals surface area contributed by atoms with E-state index in [2.05, 4.69) is 67.8 Å². The van der Waals surface area contributed by atoms with E-state index in [1.54, 1.807) is 0 Å². The zero-order valence-corrected chi connectivity index (χ0v) is 31.1. The number of aliphatic hydroxyl groups excluding tert-OH is 1. The van der Waals surface area contributed by atoms with Crippen molar-refractivity contribution < 1.29 is 24.2 Å². The number of nitrogens with one attached hydrogen (secondary N) is 1. The number of unbranched alkanes of at least 4 members (excludes halogenated alkanes) is 17. The van der Waals surface area contributed by atoms with Crippen LogP contribution in [-0.4, -0.2) is 42.0 Å². The summed E-state index contributed by atoms with van der Waals surface area (Å²) >= 11 is 0. The normalized spacial score (nSPS) is 12.6. The first-order valence-electron chi connectivity index (χ1n) is 19.7. The van der Waals surface area contributed by atoms with Crippen molar-refractivity contribution in [2.75, 3.05) is 13.2 Å². The Labute approximate surface area is 295 Å². The van der Waals surface area contributed by atoms with E-state index in [0.29, 0.717) is 13.0 Å². The third kappa shape index (κ3) is 33.4. The molecule has 0 fully saturated rings. The third-order valence-electron chi connectivity index (χ3n) is 8.45. The molecule has 0 aliphatic carbocycles. The molecule has 276 valence electrons. The smallest absolute Gasteiger partial charge is 0.328 e. The summed E-state index contributed by atoms with van der Waals surface area (Å²) in [6.07, 6.45) is 44.7. The zero-order chi connectivity index (χ0) is 35.2. The molecule has 0 rings (SSSR count). The molecule has 1 unspecified atom stereocenters. The van der Waals surface area contributed by atoms with Crippen LogP contribution in [0.3, 0.4) is 0 Å². The summed E-state index contributed by atoms with van der Waals surface area (Å²) in [4.78, 5) is 36.9. The lowest BCUT2D eigenvalue weighted by molar-refractivity contribution is -0.148. The number of amides is 1. The topological polar surface area (TPSA) is 92.7 Å². The van der Waals surface area contributed by atoms with Crippen LogP contribution in [0.2, 0.25) is 0 Å². The molecule has 0 bridgehead atoms. The molecule has 0 aromatic heterocycles. The van der Waals surface area contributed by atoms with Crippen LogP contribution >= 0.6 is 0 Å². The van der Waals surface area contributed by atoms with E-state index in [1.807, 2.05) is 0 Å². The van der Waals surface area contributed by atoms with Gasteiger partial charge in [-0.05, 0) is 83.5 Å². The van der Waals surface area contributed by atoms with Gasteiger partial charge in [-0.25, -0.2) is 4.79 Å². The predicted octanol–water partition coefficient (Wildman–Crippen LogP) is 11.0. The fourth-order valence-electron chi connectivity index (χ4n) is 5.36. The molecular weight excluding hydrogens is 598 g/mol. The summed E-state index contributed by atoms with van der Waals surface area (Å²) in [6, 6.07) is -0.851. The summed E-state index contributed by atoms with van der Waals surface area (Å²) in [7, 11) is 0. The van der Waals surface area contributed by atoms with E-state index in [9.17, 15) is 14.4 Å². The largest absolute Gasteiger partial charge is 0.464 e. The second kappa shape index (κ2) is 37.4. The number of ketones is 1. The molecule has 6 heteroatoms. The highest BCUT2D eigenvalue weighted by Crippen LogP contribution is 2.11. The quantitative estimate of drug-likeness (QED) is 0.0397. The van der Waals surface area contributed by atoms with Crippen LogP contribution in [0.5, 0.6) is 0 Å². The minimum atomic E-state index is -0.851. The van der Waals surface area contributed by atoms with E-state index in [0.717, 1.165) is 77.0 Å². The number of Topliss-reactive ketones (excluding diaryl/α,β-unsaturated/α-hetero) is 1. The molecule has 0 aliphatic rings. The van der Waals surface area contributed by atoms with Gasteiger partial charge >= 0.3 is 5.97 Å². The van der Waals surface area contributed by atoms with Gasteiger partial charge in [-0.2, -0.15) is 0 Å². The molecular formula is C42H73NO5. The van der Waals surface area contributed by atoms with E-state index in [1.165, 1.54) is 70.6 Å². The first-order valence-corrected chi connectivity index (χ1v) is 19.7. The summed E-state index contributed by atoms with van der Waals surface area (Å²) < 4.78 is 5.47. The minimum Gasteiger partial charge on any atom is -0.464 e. The van der Waals surface area contributed by atoms with Crippen molar-refractivity contribution in [3.8, 4) is 0 Å². The number of carbonyl (C=O) groups excluding carboxylic acids is 3. The molecule has 0 spiro atoms. The molecule has 2 N–H and O–H groups in total. The fraction of sp³-hybridized carbons (Fsp3) is 0.738. The van der Waals surface area contributed by atoms with Gasteiger partial charge in [-0.3, -0.25) is 9.59 Å². The van der Waals surface area contributed by atoms with Gasteiger partial charge in [0.2, 0.25) is 5.91 Å². The van der Waals surface area contributed by atoms with Crippen LogP contribution in [0.1, 0.15) is 181 Å². The molecule has 0 saturated heterocycles. The Bertz CT molecular complexity index is 875. The van der Waals surface area contributed by atoms with Gasteiger partial charge in [-0.15, -0.1) is 0 Å². The van der Waals surface area contributed by atoms with E-state index >= 15 is 0 Å². The zero-order valence-electron chi connectivity index (χ0n) is 31.1. The van der Waals surface area contributed by atoms with Gasteiger partial charge in [0.05, 0.1) is 6.61 Å². The number of ether oxygens (including phenoxy) is 1. The van der Waals surface area contributed by atoms with Crippen LogP contribution in [-0.2, 0) is 19.1 Å². The summed E-state index contributed by atoms with van der Waals surface area (Å²) in [6.45, 7) is 4.22. The van der Waals surface area contributed by atoms with Crippen molar-refractivity contribution in [2.45, 2.75) is 187 Å². The molecule has 0 aromatic carbocycles. The van der Waals surface area contributed by atoms with Crippen molar-refractivity contribution in [3.05, 3.63) is 48.6 Å². The molecule has 48 heavy (non-hydrogen) atoms. The second-order valence-corrected chi connectivity index (χ2v) is 13.1. The Morgan fingerprint density at radius 1 is 0.562 bits per heavy atom. The average Bonchev–Trinajstić information content (AvgIpc) is 3.09. The molecule has 0 saturated carbocycles. The average molecular weight is 672 g/mol. The van der Waals surface area contributed by atoms with E-state index in [4.69, 9.17) is 9.84 Å². The van der Waals surface area contributed by atoms with Crippen molar-refractivity contribution in [1.29, 1.82) is 0 Å². The number of carbonyl (C=O) groups is 3. The van der Waals surface area contributed by atoms with E-state index in [-0.39, 0.29) is 24.5 Å². The van der Waals surface area contributed by atoms with Crippen LogP contribution < -0.4 is 5.32 Å². The first-order chi connectivity index (χ1) is 23.5. The van der Waals surface area contributed by atoms with Gasteiger partial charge in [0.1, 0.15) is 12.6 Å². The van der Waals surface area contributed by atoms with Gasteiger partial charge < -0.3 is 15.2 Å². The van der Waals surface area contributed by atoms with Crippen molar-refractivity contribution in [3.63, 3.8) is 0 Å². The maximum absolute atomic E-state index is 12.7. The summed E-state index contributed by atoms with van der Waals surface area (Å²) in [5.74, 6) is -1.02. The lowest BCUT2D eigenvalue weighted by Gasteiger charge is -2.17. The molecule has 1 amide bonds. The molecule has 0 aromatic rings. The Morgan fingerprint density at radius 3 is 1.48 bits per heavy atom. The molecule has 6 nitrogen and oxygen atoms in total. The maximum Gasteiger partial charge on any atom is 0.328 e. The lowest BCUT2D eigenvalue weighted by Crippen LogP contribution is -2.42. The highest BCUT2D eigenvalue weighted by Gasteiger charge is 2.23. The van der Waals surface area contributed by atoms with Crippen molar-refractivity contribution in [2.24, 2.45) is 0 Å². The molecule has 0 aliphatic heterocycles. The number of aliphatic hydroxyl groups is 1. The van der Waals surface area contributed by atoms with Gasteiger partial charge in [0.15, 0.2) is 5.78 Å². The number of allylic oxidation sites excluding steroid dienone is 8. The Kier molecular flexibility index (Phi) is 35.4. The van der Waals surface area contributed by atoms with E-state index < -0.39 is 18.6 Å². The minimum absolute atomic E-state index is 0.0329. The second-order valence-electron chi connectivity index (χ2n) is 13.1. The van der Waals surface area contributed by atoms with Gasteiger partial charge in [-0.1, -0.05) is 133 Å². The summed E-state index contributed by atoms with van der Waals surface area (Å²) in [5, 5.41) is 11.9. The Morgan fingerprint density at radius 2 is 1.00 bits per heavy atom. The molecule has 0 radical (unpaired) electrons. The van der Waals surface area contributed by atoms with Crippen LogP contribution in [0.25, 0.3) is 0 Å². The SMILES string of the molecule is CCCCC/C=C\C/C=C\CCCCCCCCOC(=O)C(CCC(=O)CO)NC(=O)CCCCCCC/C=C\C/C=C\CCCCC. The van der Waals surface area contributed by atoms with Gasteiger partial charge in [0, 0.05) is 12.8 Å². The highest BCUT2D eigenvalue weighted by molar-refractivity contribution is 5.85. The third-order valence-corrected chi connectivity index (χ3v) is 8.45. The summed E-state index contributed by atoms with van der Waals surface area (Å²) in [5.41, 5.74) is 0. The monoisotopic (exact) mass is 672 g/mol. The van der Waals surface area contributed by atoms with Crippen molar-refractivity contribution in [1.82, 2.24) is 5.32 Å². The number of rotatable bonds is 35. The fourth-order valence-corrected chi connectivity index (χ4v) is 5.36. The first kappa shape index (κ1) is 45.5. The lowest BCUT2D eigenvalue weighted by atomic mass is 10.1. The van der Waals surface area contributed by atoms with Crippen LogP contribution in [0.15, 0.2) is 48.6 Å². The van der Waals surface area contributed by atoms with Crippen molar-refractivity contribution >= 4 is 17.7 Å². The van der Waals surface area contributed by atoms with Crippen LogP contribution in [0.4, 0.5) is 0 Å². The maximum atomic E-state index is 12.7. The highest BCUT2D eigenvalue weighted by atomic mass is 16.5. The molecule has 0 heterocycles. The standard InChI is InChI=1S/C42H73NO5/c1-3-5-7-9-11-13-15-17-19-21-23-25-27-29-31-33-37-48-42(47)40(36-35-39(45)38-44)43-41(46)34-32-30-28-26-24-22-20-18-16-14-12-10-8-6-4-2/h11-14,17-20,40,44H,3-10,15-16,21-38H2,1-2H3,(H,43,46)/b13-11-,14-12-,19-17-,20-18-. The van der Waals surface area contributed by atoms with Crippen LogP contribution in [0, 0.1) is 0 Å². The Balaban J connectivity index is 4.02.